The summed E-state index contributed by atoms with van der Waals surface area (Å²) in [5.74, 6) is -0.653. The second-order valence-corrected chi connectivity index (χ2v) is 7.27. The number of amides is 2. The van der Waals surface area contributed by atoms with Crippen LogP contribution in [-0.2, 0) is 4.79 Å². The summed E-state index contributed by atoms with van der Waals surface area (Å²) in [6, 6.07) is 16.4. The summed E-state index contributed by atoms with van der Waals surface area (Å²) >= 11 is 12.4. The molecule has 0 saturated carbocycles. The van der Waals surface area contributed by atoms with Crippen LogP contribution in [0, 0.1) is 4.77 Å². The van der Waals surface area contributed by atoms with Gasteiger partial charge in [-0.05, 0) is 48.6 Å². The molecule has 9 heteroatoms. The van der Waals surface area contributed by atoms with Gasteiger partial charge in [0.2, 0.25) is 5.91 Å². The number of hydrogen-bond acceptors (Lipinski definition) is 4. The van der Waals surface area contributed by atoms with Gasteiger partial charge in [-0.15, -0.1) is 11.8 Å². The number of hydrogen-bond donors (Lipinski definition) is 3. The Bertz CT molecular complexity index is 1000. The molecule has 0 saturated heterocycles. The van der Waals surface area contributed by atoms with Crippen LogP contribution in [0.15, 0.2) is 65.7 Å². The van der Waals surface area contributed by atoms with Crippen LogP contribution in [0.3, 0.4) is 0 Å². The quantitative estimate of drug-likeness (QED) is 0.335. The molecule has 2 amide bonds. The van der Waals surface area contributed by atoms with Crippen molar-refractivity contribution in [1.82, 2.24) is 20.4 Å². The number of para-hydroxylation sites is 1. The maximum absolute atomic E-state index is 12.4. The molecular weight excluding hydrogens is 404 g/mol. The second-order valence-electron chi connectivity index (χ2n) is 5.39. The highest BCUT2D eigenvalue weighted by Gasteiger charge is 2.15. The van der Waals surface area contributed by atoms with Crippen molar-refractivity contribution in [3.8, 4) is 5.69 Å². The van der Waals surface area contributed by atoms with E-state index in [1.807, 2.05) is 42.5 Å². The highest BCUT2D eigenvalue weighted by Crippen LogP contribution is 2.19. The molecule has 0 aliphatic rings. The number of H-pyrrole nitrogens is 1. The third kappa shape index (κ3) is 5.00. The molecule has 0 fully saturated rings. The summed E-state index contributed by atoms with van der Waals surface area (Å²) in [7, 11) is 0. The number of carbonyl (C=O) groups excluding carboxylic acids is 2. The van der Waals surface area contributed by atoms with Crippen LogP contribution in [0.4, 0.5) is 0 Å². The number of aromatic amines is 1. The van der Waals surface area contributed by atoms with Crippen molar-refractivity contribution in [3.05, 3.63) is 76.3 Å². The van der Waals surface area contributed by atoms with Crippen LogP contribution in [0.25, 0.3) is 5.69 Å². The van der Waals surface area contributed by atoms with Crippen molar-refractivity contribution in [2.24, 2.45) is 0 Å². The molecule has 27 heavy (non-hydrogen) atoms. The average Bonchev–Trinajstić information content (AvgIpc) is 3.08. The Balaban J connectivity index is 1.59. The maximum Gasteiger partial charge on any atom is 0.288 e. The molecule has 3 rings (SSSR count). The Hall–Kier alpha value is -2.55. The van der Waals surface area contributed by atoms with Gasteiger partial charge < -0.3 is 4.98 Å². The summed E-state index contributed by atoms with van der Waals surface area (Å²) in [4.78, 5) is 28.2. The molecule has 0 unspecified atom stereocenters. The molecule has 0 aliphatic heterocycles. The molecule has 138 valence electrons. The lowest BCUT2D eigenvalue weighted by Gasteiger charge is -2.10. The number of imidazole rings is 1. The van der Waals surface area contributed by atoms with Crippen LogP contribution < -0.4 is 10.9 Å². The van der Waals surface area contributed by atoms with E-state index in [0.29, 0.717) is 9.79 Å². The predicted octanol–water partition coefficient (Wildman–Crippen LogP) is 3.74. The Morgan fingerprint density at radius 1 is 1.07 bits per heavy atom. The molecule has 2 aromatic carbocycles. The summed E-state index contributed by atoms with van der Waals surface area (Å²) in [6.45, 7) is 0. The lowest BCUT2D eigenvalue weighted by atomic mass is 10.3. The summed E-state index contributed by atoms with van der Waals surface area (Å²) < 4.78 is 1.98. The molecule has 0 aliphatic carbocycles. The minimum absolute atomic E-state index is 0.153. The van der Waals surface area contributed by atoms with Gasteiger partial charge >= 0.3 is 0 Å². The smallest absolute Gasteiger partial charge is 0.288 e. The number of carbonyl (C=O) groups is 2. The highest BCUT2D eigenvalue weighted by molar-refractivity contribution is 8.00. The van der Waals surface area contributed by atoms with Crippen molar-refractivity contribution in [3.63, 3.8) is 0 Å². The first-order valence-corrected chi connectivity index (χ1v) is 9.65. The number of nitrogens with one attached hydrogen (secondary N) is 3. The van der Waals surface area contributed by atoms with E-state index in [-0.39, 0.29) is 17.4 Å². The summed E-state index contributed by atoms with van der Waals surface area (Å²) in [5.41, 5.74) is 5.85. The van der Waals surface area contributed by atoms with Crippen molar-refractivity contribution in [2.45, 2.75) is 4.90 Å². The topological polar surface area (TPSA) is 78.9 Å². The van der Waals surface area contributed by atoms with E-state index in [0.717, 1.165) is 10.6 Å². The molecule has 3 aromatic rings. The SMILES string of the molecule is O=C(CSc1ccc(Cl)cc1)NNC(=O)c1c[nH]c(=S)n1-c1ccccc1. The Kier molecular flexibility index (Phi) is 6.33. The van der Waals surface area contributed by atoms with Crippen molar-refractivity contribution in [2.75, 3.05) is 5.75 Å². The van der Waals surface area contributed by atoms with E-state index in [1.54, 1.807) is 16.7 Å². The first kappa shape index (κ1) is 19.2. The summed E-state index contributed by atoms with van der Waals surface area (Å²) in [6.07, 6.45) is 1.50. The number of thioether (sulfide) groups is 1. The van der Waals surface area contributed by atoms with Gasteiger partial charge in [-0.1, -0.05) is 29.8 Å². The number of benzene rings is 2. The Morgan fingerprint density at radius 2 is 1.78 bits per heavy atom. The third-order valence-electron chi connectivity index (χ3n) is 3.52. The minimum Gasteiger partial charge on any atom is -0.336 e. The minimum atomic E-state index is -0.476. The lowest BCUT2D eigenvalue weighted by molar-refractivity contribution is -0.119. The molecule has 6 nitrogen and oxygen atoms in total. The van der Waals surface area contributed by atoms with Crippen LogP contribution in [-0.4, -0.2) is 27.1 Å². The van der Waals surface area contributed by atoms with E-state index < -0.39 is 5.91 Å². The Morgan fingerprint density at radius 3 is 2.48 bits per heavy atom. The molecule has 0 radical (unpaired) electrons. The molecule has 1 aromatic heterocycles. The zero-order valence-electron chi connectivity index (χ0n) is 13.9. The molecule has 3 N–H and O–H groups in total. The van der Waals surface area contributed by atoms with Gasteiger partial charge in [0.15, 0.2) is 4.77 Å². The maximum atomic E-state index is 12.4. The molecule has 0 spiro atoms. The van der Waals surface area contributed by atoms with Crippen LogP contribution in [0.1, 0.15) is 10.5 Å². The van der Waals surface area contributed by atoms with E-state index in [2.05, 4.69) is 15.8 Å². The first-order valence-electron chi connectivity index (χ1n) is 7.88. The van der Waals surface area contributed by atoms with Crippen LogP contribution >= 0.6 is 35.6 Å². The highest BCUT2D eigenvalue weighted by atomic mass is 35.5. The van der Waals surface area contributed by atoms with Gasteiger partial charge in [-0.3, -0.25) is 25.0 Å². The molecule has 0 bridgehead atoms. The monoisotopic (exact) mass is 418 g/mol. The Labute approximate surface area is 169 Å². The molecule has 1 heterocycles. The van der Waals surface area contributed by atoms with Crippen LogP contribution in [0.2, 0.25) is 5.02 Å². The zero-order chi connectivity index (χ0) is 19.2. The fourth-order valence-electron chi connectivity index (χ4n) is 2.28. The van der Waals surface area contributed by atoms with E-state index in [1.165, 1.54) is 18.0 Å². The van der Waals surface area contributed by atoms with Gasteiger partial charge in [-0.25, -0.2) is 0 Å². The van der Waals surface area contributed by atoms with E-state index in [9.17, 15) is 9.59 Å². The van der Waals surface area contributed by atoms with Crippen LogP contribution in [0.5, 0.6) is 0 Å². The van der Waals surface area contributed by atoms with Gasteiger partial charge in [0.05, 0.1) is 5.75 Å². The average molecular weight is 419 g/mol. The van der Waals surface area contributed by atoms with Crippen molar-refractivity contribution < 1.29 is 9.59 Å². The number of rotatable bonds is 5. The fraction of sp³-hybridized carbons (Fsp3) is 0.0556. The first-order chi connectivity index (χ1) is 13.0. The predicted molar refractivity (Wildman–Crippen MR) is 109 cm³/mol. The van der Waals surface area contributed by atoms with Crippen molar-refractivity contribution in [1.29, 1.82) is 0 Å². The summed E-state index contributed by atoms with van der Waals surface area (Å²) in [5, 5.41) is 0.635. The fourth-order valence-corrected chi connectivity index (χ4v) is 3.36. The lowest BCUT2D eigenvalue weighted by Crippen LogP contribution is -2.43. The van der Waals surface area contributed by atoms with E-state index in [4.69, 9.17) is 23.8 Å². The normalized spacial score (nSPS) is 10.4. The largest absolute Gasteiger partial charge is 0.336 e. The second kappa shape index (κ2) is 8.90. The van der Waals surface area contributed by atoms with Gasteiger partial charge in [0.25, 0.3) is 5.91 Å². The molecular formula is C18H15ClN4O2S2. The van der Waals surface area contributed by atoms with Gasteiger partial charge in [-0.2, -0.15) is 0 Å². The van der Waals surface area contributed by atoms with Gasteiger partial charge in [0.1, 0.15) is 5.69 Å². The van der Waals surface area contributed by atoms with E-state index >= 15 is 0 Å². The number of hydrazine groups is 1. The third-order valence-corrected chi connectivity index (χ3v) is 5.09. The number of nitrogens with zero attached hydrogens (tertiary/aromatic N) is 1. The number of halogens is 1. The van der Waals surface area contributed by atoms with Crippen molar-refractivity contribution >= 4 is 47.4 Å². The molecule has 0 atom stereocenters. The number of aromatic nitrogens is 2. The van der Waals surface area contributed by atoms with Gasteiger partial charge in [0, 0.05) is 21.8 Å². The zero-order valence-corrected chi connectivity index (χ0v) is 16.3. The standard InChI is InChI=1S/C18H15ClN4O2S2/c19-12-6-8-14(9-7-12)27-11-16(24)21-22-17(25)15-10-20-18(26)23(15)13-4-2-1-3-5-13/h1-10H,11H2,(H,20,26)(H,21,24)(H,22,25).